The molecule has 0 spiro atoms. The van der Waals surface area contributed by atoms with Crippen molar-refractivity contribution in [1.29, 1.82) is 0 Å². The van der Waals surface area contributed by atoms with Crippen LogP contribution in [-0.2, 0) is 4.84 Å². The Morgan fingerprint density at radius 3 is 3.12 bits per heavy atom. The molecule has 2 nitrogen and oxygen atoms in total. The van der Waals surface area contributed by atoms with Gasteiger partial charge in [-0.3, -0.25) is 4.84 Å². The van der Waals surface area contributed by atoms with Crippen LogP contribution in [0.25, 0.3) is 0 Å². The summed E-state index contributed by atoms with van der Waals surface area (Å²) in [6.45, 7) is 6.41. The van der Waals surface area contributed by atoms with Crippen molar-refractivity contribution in [3.05, 3.63) is 12.7 Å². The molecule has 1 heterocycles. The van der Waals surface area contributed by atoms with Gasteiger partial charge in [-0.15, -0.1) is 6.58 Å². The Morgan fingerprint density at radius 2 is 2.62 bits per heavy atom. The highest BCUT2D eigenvalue weighted by molar-refractivity contribution is 4.70. The monoisotopic (exact) mass is 113 g/mol. The molecule has 2 heteroatoms. The molecule has 46 valence electrons. The molecule has 0 unspecified atom stereocenters. The van der Waals surface area contributed by atoms with E-state index < -0.39 is 0 Å². The predicted molar refractivity (Wildman–Crippen MR) is 32.3 cm³/mol. The summed E-state index contributed by atoms with van der Waals surface area (Å²) in [6, 6.07) is 0. The summed E-state index contributed by atoms with van der Waals surface area (Å²) in [6.07, 6.45) is 3.01. The summed E-state index contributed by atoms with van der Waals surface area (Å²) in [5, 5.41) is 1.92. The van der Waals surface area contributed by atoms with Crippen LogP contribution in [0.3, 0.4) is 0 Å². The van der Waals surface area contributed by atoms with E-state index in [4.69, 9.17) is 4.84 Å². The fourth-order valence-corrected chi connectivity index (χ4v) is 0.787. The van der Waals surface area contributed by atoms with Crippen LogP contribution in [0, 0.1) is 0 Å². The molecule has 0 aliphatic carbocycles. The van der Waals surface area contributed by atoms with Gasteiger partial charge in [-0.2, -0.15) is 5.06 Å². The quantitative estimate of drug-likeness (QED) is 0.491. The molecule has 0 aromatic carbocycles. The third-order valence-electron chi connectivity index (χ3n) is 1.16. The van der Waals surface area contributed by atoms with Crippen molar-refractivity contribution >= 4 is 0 Å². The standard InChI is InChI=1S/C6H11NO/c1-2-4-7-5-3-6-8-7/h2H,1,3-6H2. The molecule has 0 bridgehead atoms. The number of hydroxylamine groups is 2. The van der Waals surface area contributed by atoms with Crippen LogP contribution < -0.4 is 0 Å². The van der Waals surface area contributed by atoms with Gasteiger partial charge in [0.1, 0.15) is 0 Å². The number of hydrogen-bond acceptors (Lipinski definition) is 2. The van der Waals surface area contributed by atoms with E-state index in [9.17, 15) is 0 Å². The summed E-state index contributed by atoms with van der Waals surface area (Å²) in [5.41, 5.74) is 0. The van der Waals surface area contributed by atoms with Gasteiger partial charge >= 0.3 is 0 Å². The van der Waals surface area contributed by atoms with E-state index in [2.05, 4.69) is 6.58 Å². The lowest BCUT2D eigenvalue weighted by Gasteiger charge is -2.08. The van der Waals surface area contributed by atoms with Gasteiger partial charge in [0.2, 0.25) is 0 Å². The molecule has 0 amide bonds. The van der Waals surface area contributed by atoms with Crippen LogP contribution >= 0.6 is 0 Å². The first kappa shape index (κ1) is 5.79. The van der Waals surface area contributed by atoms with Gasteiger partial charge in [0.25, 0.3) is 0 Å². The predicted octanol–water partition coefficient (Wildman–Crippen LogP) is 0.810. The first-order valence-electron chi connectivity index (χ1n) is 2.92. The van der Waals surface area contributed by atoms with Gasteiger partial charge in [0.05, 0.1) is 6.61 Å². The van der Waals surface area contributed by atoms with E-state index in [-0.39, 0.29) is 0 Å². The fraction of sp³-hybridized carbons (Fsp3) is 0.667. The summed E-state index contributed by atoms with van der Waals surface area (Å²) < 4.78 is 0. The molecule has 0 aromatic rings. The molecule has 0 radical (unpaired) electrons. The number of hydrogen-bond donors (Lipinski definition) is 0. The Balaban J connectivity index is 2.14. The van der Waals surface area contributed by atoms with E-state index in [0.717, 1.165) is 26.1 Å². The van der Waals surface area contributed by atoms with Gasteiger partial charge in [-0.25, -0.2) is 0 Å². The molecule has 0 N–H and O–H groups in total. The molecular formula is C6H11NO. The van der Waals surface area contributed by atoms with Crippen LogP contribution in [0.15, 0.2) is 12.7 Å². The van der Waals surface area contributed by atoms with E-state index in [1.54, 1.807) is 0 Å². The van der Waals surface area contributed by atoms with Crippen molar-refractivity contribution in [2.75, 3.05) is 19.7 Å². The molecule has 0 saturated carbocycles. The van der Waals surface area contributed by atoms with E-state index in [1.807, 2.05) is 11.1 Å². The SMILES string of the molecule is C=CCN1CCCO1. The van der Waals surface area contributed by atoms with Crippen molar-refractivity contribution in [2.45, 2.75) is 6.42 Å². The molecule has 1 aliphatic heterocycles. The first-order valence-corrected chi connectivity index (χ1v) is 2.92. The molecule has 0 aromatic heterocycles. The van der Waals surface area contributed by atoms with E-state index >= 15 is 0 Å². The van der Waals surface area contributed by atoms with Gasteiger partial charge in [0, 0.05) is 13.1 Å². The average molecular weight is 113 g/mol. The highest BCUT2D eigenvalue weighted by Crippen LogP contribution is 2.02. The van der Waals surface area contributed by atoms with Crippen molar-refractivity contribution < 1.29 is 4.84 Å². The van der Waals surface area contributed by atoms with Gasteiger partial charge < -0.3 is 0 Å². The zero-order valence-electron chi connectivity index (χ0n) is 4.97. The van der Waals surface area contributed by atoms with Crippen LogP contribution in [-0.4, -0.2) is 24.8 Å². The number of rotatable bonds is 2. The molecule has 1 aliphatic rings. The van der Waals surface area contributed by atoms with Crippen LogP contribution in [0.5, 0.6) is 0 Å². The molecule has 1 rings (SSSR count). The van der Waals surface area contributed by atoms with E-state index in [1.165, 1.54) is 0 Å². The smallest absolute Gasteiger partial charge is 0.0698 e. The van der Waals surface area contributed by atoms with Crippen molar-refractivity contribution in [1.82, 2.24) is 5.06 Å². The van der Waals surface area contributed by atoms with E-state index in [0.29, 0.717) is 0 Å². The average Bonchev–Trinajstić information content (AvgIpc) is 2.19. The molecular weight excluding hydrogens is 102 g/mol. The molecule has 1 saturated heterocycles. The minimum atomic E-state index is 0.861. The largest absolute Gasteiger partial charge is 0.299 e. The topological polar surface area (TPSA) is 12.5 Å². The van der Waals surface area contributed by atoms with Crippen molar-refractivity contribution in [3.63, 3.8) is 0 Å². The second kappa shape index (κ2) is 2.84. The zero-order valence-corrected chi connectivity index (χ0v) is 4.97. The normalized spacial score (nSPS) is 21.5. The van der Waals surface area contributed by atoms with Crippen LogP contribution in [0.2, 0.25) is 0 Å². The first-order chi connectivity index (χ1) is 3.93. The highest BCUT2D eigenvalue weighted by Gasteiger charge is 2.08. The Kier molecular flexibility index (Phi) is 2.06. The lowest BCUT2D eigenvalue weighted by Crippen LogP contribution is -2.16. The van der Waals surface area contributed by atoms with Crippen molar-refractivity contribution in [2.24, 2.45) is 0 Å². The van der Waals surface area contributed by atoms with Crippen LogP contribution in [0.1, 0.15) is 6.42 Å². The zero-order chi connectivity index (χ0) is 5.82. The summed E-state index contributed by atoms with van der Waals surface area (Å²) in [7, 11) is 0. The summed E-state index contributed by atoms with van der Waals surface area (Å²) in [4.78, 5) is 5.16. The third-order valence-corrected chi connectivity index (χ3v) is 1.16. The highest BCUT2D eigenvalue weighted by atomic mass is 16.7. The Morgan fingerprint density at radius 1 is 1.75 bits per heavy atom. The molecule has 1 fully saturated rings. The Hall–Kier alpha value is -0.340. The Labute approximate surface area is 49.7 Å². The maximum Gasteiger partial charge on any atom is 0.0698 e. The second-order valence-electron chi connectivity index (χ2n) is 1.86. The molecule has 8 heavy (non-hydrogen) atoms. The maximum atomic E-state index is 5.16. The van der Waals surface area contributed by atoms with Gasteiger partial charge in [-0.05, 0) is 6.42 Å². The summed E-state index contributed by atoms with van der Waals surface area (Å²) in [5.74, 6) is 0. The minimum Gasteiger partial charge on any atom is -0.299 e. The van der Waals surface area contributed by atoms with Crippen LogP contribution in [0.4, 0.5) is 0 Å². The van der Waals surface area contributed by atoms with Gasteiger partial charge in [-0.1, -0.05) is 6.08 Å². The lowest BCUT2D eigenvalue weighted by molar-refractivity contribution is -0.100. The minimum absolute atomic E-state index is 0.861. The van der Waals surface area contributed by atoms with Gasteiger partial charge in [0.15, 0.2) is 0 Å². The third kappa shape index (κ3) is 1.32. The fourth-order valence-electron chi connectivity index (χ4n) is 0.787. The lowest BCUT2D eigenvalue weighted by atomic mass is 10.5. The second-order valence-corrected chi connectivity index (χ2v) is 1.86. The maximum absolute atomic E-state index is 5.16. The Bertz CT molecular complexity index is 76.6. The van der Waals surface area contributed by atoms with Crippen molar-refractivity contribution in [3.8, 4) is 0 Å². The molecule has 0 atom stereocenters. The summed E-state index contributed by atoms with van der Waals surface area (Å²) >= 11 is 0. The number of nitrogens with zero attached hydrogens (tertiary/aromatic N) is 1.